The van der Waals surface area contributed by atoms with Crippen molar-refractivity contribution in [2.24, 2.45) is 7.05 Å². The SMILES string of the molecule is Cc1nn(-c2ccccc2)cc1CNCc1cc(C#N)n(C)c1. The number of aromatic nitrogens is 3. The van der Waals surface area contributed by atoms with Crippen LogP contribution in [-0.4, -0.2) is 14.3 Å². The van der Waals surface area contributed by atoms with E-state index in [9.17, 15) is 0 Å². The largest absolute Gasteiger partial charge is 0.342 e. The Morgan fingerprint density at radius 3 is 2.65 bits per heavy atom. The maximum Gasteiger partial charge on any atom is 0.120 e. The quantitative estimate of drug-likeness (QED) is 0.788. The summed E-state index contributed by atoms with van der Waals surface area (Å²) < 4.78 is 3.75. The van der Waals surface area contributed by atoms with Gasteiger partial charge in [0.25, 0.3) is 0 Å². The van der Waals surface area contributed by atoms with Crippen LogP contribution in [-0.2, 0) is 20.1 Å². The number of aryl methyl sites for hydroxylation is 2. The highest BCUT2D eigenvalue weighted by Gasteiger charge is 2.07. The Bertz CT molecular complexity index is 836. The van der Waals surface area contributed by atoms with Crippen molar-refractivity contribution >= 4 is 0 Å². The normalized spacial score (nSPS) is 10.7. The van der Waals surface area contributed by atoms with E-state index >= 15 is 0 Å². The van der Waals surface area contributed by atoms with E-state index in [0.717, 1.165) is 30.0 Å². The first kappa shape index (κ1) is 15.1. The zero-order valence-electron chi connectivity index (χ0n) is 13.3. The molecule has 5 heteroatoms. The molecule has 3 rings (SSSR count). The summed E-state index contributed by atoms with van der Waals surface area (Å²) in [6, 6.07) is 14.2. The molecule has 0 amide bonds. The number of nitriles is 1. The number of hydrogen-bond donors (Lipinski definition) is 1. The summed E-state index contributed by atoms with van der Waals surface area (Å²) >= 11 is 0. The summed E-state index contributed by atoms with van der Waals surface area (Å²) in [4.78, 5) is 0. The molecule has 0 bridgehead atoms. The predicted octanol–water partition coefficient (Wildman–Crippen LogP) is 2.68. The molecule has 23 heavy (non-hydrogen) atoms. The van der Waals surface area contributed by atoms with Crippen LogP contribution in [0.5, 0.6) is 0 Å². The molecule has 1 aromatic carbocycles. The second-order valence-corrected chi connectivity index (χ2v) is 5.58. The van der Waals surface area contributed by atoms with Crippen molar-refractivity contribution in [2.75, 3.05) is 0 Å². The van der Waals surface area contributed by atoms with E-state index in [4.69, 9.17) is 5.26 Å². The van der Waals surface area contributed by atoms with Gasteiger partial charge in [0.15, 0.2) is 0 Å². The van der Waals surface area contributed by atoms with Crippen LogP contribution in [0.3, 0.4) is 0 Å². The second-order valence-electron chi connectivity index (χ2n) is 5.58. The van der Waals surface area contributed by atoms with Crippen molar-refractivity contribution in [3.63, 3.8) is 0 Å². The van der Waals surface area contributed by atoms with Gasteiger partial charge in [0.1, 0.15) is 11.8 Å². The van der Waals surface area contributed by atoms with Gasteiger partial charge in [0, 0.05) is 38.1 Å². The van der Waals surface area contributed by atoms with Crippen molar-refractivity contribution < 1.29 is 0 Å². The molecule has 0 aliphatic rings. The lowest BCUT2D eigenvalue weighted by molar-refractivity contribution is 0.689. The van der Waals surface area contributed by atoms with Gasteiger partial charge in [-0.2, -0.15) is 10.4 Å². The van der Waals surface area contributed by atoms with Crippen molar-refractivity contribution in [2.45, 2.75) is 20.0 Å². The van der Waals surface area contributed by atoms with Crippen LogP contribution < -0.4 is 5.32 Å². The highest BCUT2D eigenvalue weighted by Crippen LogP contribution is 2.12. The van der Waals surface area contributed by atoms with Gasteiger partial charge in [0.2, 0.25) is 0 Å². The predicted molar refractivity (Wildman–Crippen MR) is 89.0 cm³/mol. The molecule has 0 spiro atoms. The molecule has 0 fully saturated rings. The Kier molecular flexibility index (Phi) is 4.26. The maximum atomic E-state index is 8.98. The lowest BCUT2D eigenvalue weighted by atomic mass is 10.2. The molecule has 2 aromatic heterocycles. The van der Waals surface area contributed by atoms with E-state index in [1.165, 1.54) is 5.56 Å². The van der Waals surface area contributed by atoms with Gasteiger partial charge in [-0.05, 0) is 30.7 Å². The van der Waals surface area contributed by atoms with Crippen LogP contribution in [0, 0.1) is 18.3 Å². The first-order chi connectivity index (χ1) is 11.2. The number of benzene rings is 1. The third-order valence-electron chi connectivity index (χ3n) is 3.84. The van der Waals surface area contributed by atoms with Crippen molar-refractivity contribution in [1.82, 2.24) is 19.7 Å². The standard InChI is InChI=1S/C18H19N5/c1-14-16(13-23(21-14)17-6-4-3-5-7-17)11-20-10-15-8-18(9-19)22(2)12-15/h3-8,12-13,20H,10-11H2,1-2H3. The molecule has 2 heterocycles. The number of para-hydroxylation sites is 1. The fourth-order valence-electron chi connectivity index (χ4n) is 2.56. The van der Waals surface area contributed by atoms with E-state index < -0.39 is 0 Å². The molecule has 0 saturated heterocycles. The molecule has 0 saturated carbocycles. The van der Waals surface area contributed by atoms with Crippen molar-refractivity contribution in [3.05, 3.63) is 71.3 Å². The lowest BCUT2D eigenvalue weighted by Crippen LogP contribution is -2.12. The summed E-state index contributed by atoms with van der Waals surface area (Å²) in [5.41, 5.74) is 5.04. The Labute approximate surface area is 135 Å². The van der Waals surface area contributed by atoms with Crippen LogP contribution in [0.4, 0.5) is 0 Å². The van der Waals surface area contributed by atoms with E-state index in [1.54, 1.807) is 0 Å². The van der Waals surface area contributed by atoms with Crippen LogP contribution in [0.15, 0.2) is 48.8 Å². The molecule has 3 aromatic rings. The van der Waals surface area contributed by atoms with Crippen LogP contribution in [0.1, 0.15) is 22.5 Å². The fraction of sp³-hybridized carbons (Fsp3) is 0.222. The zero-order chi connectivity index (χ0) is 16.2. The summed E-state index contributed by atoms with van der Waals surface area (Å²) in [5, 5.41) is 17.0. The van der Waals surface area contributed by atoms with Crippen LogP contribution in [0.25, 0.3) is 5.69 Å². The minimum Gasteiger partial charge on any atom is -0.342 e. The van der Waals surface area contributed by atoms with Gasteiger partial charge in [-0.25, -0.2) is 4.68 Å². The van der Waals surface area contributed by atoms with E-state index in [1.807, 2.05) is 65.8 Å². The lowest BCUT2D eigenvalue weighted by Gasteiger charge is -2.02. The summed E-state index contributed by atoms with van der Waals surface area (Å²) in [6.07, 6.45) is 4.04. The van der Waals surface area contributed by atoms with Crippen LogP contribution >= 0.6 is 0 Å². The number of nitrogens with one attached hydrogen (secondary N) is 1. The average molecular weight is 305 g/mol. The fourth-order valence-corrected chi connectivity index (χ4v) is 2.56. The number of nitrogens with zero attached hydrogens (tertiary/aromatic N) is 4. The summed E-state index contributed by atoms with van der Waals surface area (Å²) in [7, 11) is 1.89. The van der Waals surface area contributed by atoms with Crippen LogP contribution in [0.2, 0.25) is 0 Å². The monoisotopic (exact) mass is 305 g/mol. The first-order valence-electron chi connectivity index (χ1n) is 7.54. The van der Waals surface area contributed by atoms with Crippen molar-refractivity contribution in [3.8, 4) is 11.8 Å². The Morgan fingerprint density at radius 2 is 1.96 bits per heavy atom. The average Bonchev–Trinajstić information content (AvgIpc) is 3.11. The first-order valence-corrected chi connectivity index (χ1v) is 7.54. The van der Waals surface area contributed by atoms with Gasteiger partial charge < -0.3 is 9.88 Å². The van der Waals surface area contributed by atoms with Gasteiger partial charge in [-0.3, -0.25) is 0 Å². The van der Waals surface area contributed by atoms with E-state index in [-0.39, 0.29) is 0 Å². The molecule has 0 radical (unpaired) electrons. The third kappa shape index (κ3) is 3.33. The van der Waals surface area contributed by atoms with Crippen molar-refractivity contribution in [1.29, 1.82) is 5.26 Å². The molecular formula is C18H19N5. The highest BCUT2D eigenvalue weighted by molar-refractivity contribution is 5.32. The molecule has 0 aliphatic carbocycles. The molecule has 116 valence electrons. The number of hydrogen-bond acceptors (Lipinski definition) is 3. The topological polar surface area (TPSA) is 58.6 Å². The Balaban J connectivity index is 1.65. The molecule has 0 aliphatic heterocycles. The molecule has 0 atom stereocenters. The van der Waals surface area contributed by atoms with Gasteiger partial charge in [-0.15, -0.1) is 0 Å². The number of rotatable bonds is 5. The summed E-state index contributed by atoms with van der Waals surface area (Å²) in [6.45, 7) is 3.49. The van der Waals surface area contributed by atoms with Gasteiger partial charge >= 0.3 is 0 Å². The summed E-state index contributed by atoms with van der Waals surface area (Å²) in [5.74, 6) is 0. The third-order valence-corrected chi connectivity index (χ3v) is 3.84. The van der Waals surface area contributed by atoms with E-state index in [2.05, 4.69) is 22.7 Å². The molecule has 5 nitrogen and oxygen atoms in total. The highest BCUT2D eigenvalue weighted by atomic mass is 15.3. The minimum atomic E-state index is 0.676. The minimum absolute atomic E-state index is 0.676. The Hall–Kier alpha value is -2.84. The maximum absolute atomic E-state index is 8.98. The zero-order valence-corrected chi connectivity index (χ0v) is 13.3. The Morgan fingerprint density at radius 1 is 1.17 bits per heavy atom. The molecular weight excluding hydrogens is 286 g/mol. The second kappa shape index (κ2) is 6.51. The molecule has 1 N–H and O–H groups in total. The smallest absolute Gasteiger partial charge is 0.120 e. The van der Waals surface area contributed by atoms with Gasteiger partial charge in [-0.1, -0.05) is 18.2 Å². The molecule has 0 unspecified atom stereocenters. The van der Waals surface area contributed by atoms with E-state index in [0.29, 0.717) is 5.69 Å². The van der Waals surface area contributed by atoms with Gasteiger partial charge in [0.05, 0.1) is 11.4 Å².